The number of likely N-dealkylation sites (N-methyl/N-ethyl adjacent to an activating group) is 1. The van der Waals surface area contributed by atoms with E-state index >= 15 is 0 Å². The van der Waals surface area contributed by atoms with Crippen molar-refractivity contribution in [3.8, 4) is 5.75 Å². The van der Waals surface area contributed by atoms with Gasteiger partial charge in [0.15, 0.2) is 0 Å². The third-order valence-electron chi connectivity index (χ3n) is 14.8. The van der Waals surface area contributed by atoms with Crippen LogP contribution in [-0.4, -0.2) is 177 Å². The topological polar surface area (TPSA) is 269 Å². The number of carbonyl (C=O) groups is 7. The molecule has 1 aliphatic rings. The quantitative estimate of drug-likeness (QED) is 0.0284. The van der Waals surface area contributed by atoms with Crippen LogP contribution in [0, 0.1) is 17.8 Å². The number of phenols is 1. The largest absolute Gasteiger partial charge is 0.508 e. The maximum absolute atomic E-state index is 14.8. The second-order valence-corrected chi connectivity index (χ2v) is 23.1. The fourth-order valence-electron chi connectivity index (χ4n) is 9.83. The smallest absolute Gasteiger partial charge is 0.426 e. The predicted octanol–water partition coefficient (Wildman–Crippen LogP) is 7.22. The fourth-order valence-corrected chi connectivity index (χ4v) is 10.7. The maximum atomic E-state index is 14.8. The van der Waals surface area contributed by atoms with Gasteiger partial charge in [-0.3, -0.25) is 39.1 Å². The average molecular weight is 1200 g/mol. The number of hydrazine groups is 1. The zero-order valence-electron chi connectivity index (χ0n) is 51.9. The number of allylic oxidation sites excluding steroid dienone is 1. The van der Waals surface area contributed by atoms with E-state index in [9.17, 15) is 38.7 Å². The summed E-state index contributed by atoms with van der Waals surface area (Å²) in [7, 11) is 1.97. The average Bonchev–Trinajstić information content (AvgIpc) is 3.73. The van der Waals surface area contributed by atoms with E-state index in [0.29, 0.717) is 88.9 Å². The first-order valence-electron chi connectivity index (χ1n) is 30.3. The first-order chi connectivity index (χ1) is 40.2. The molecule has 3 rings (SSSR count). The Hall–Kier alpha value is -5.72. The molecule has 0 aliphatic carbocycles. The van der Waals surface area contributed by atoms with Crippen molar-refractivity contribution in [1.82, 2.24) is 46.5 Å². The zero-order chi connectivity index (χ0) is 62.0. The second-order valence-electron chi connectivity index (χ2n) is 22.2. The van der Waals surface area contributed by atoms with Crippen molar-refractivity contribution >= 4 is 52.9 Å². The summed E-state index contributed by atoms with van der Waals surface area (Å²) in [6.45, 7) is 25.4. The number of aromatic nitrogens is 1. The number of nitrogens with zero attached hydrogens (tertiary/aromatic N) is 4. The fraction of sp³-hybridized carbons (Fsp3) is 0.705. The number of carbonyl (C=O) groups excluding carboxylic acids is 7. The lowest BCUT2D eigenvalue weighted by atomic mass is 9.92. The number of benzene rings is 1. The lowest BCUT2D eigenvalue weighted by Gasteiger charge is -2.40. The minimum atomic E-state index is -0.888. The number of ether oxygens (including phenoxy) is 5. The first-order valence-corrected chi connectivity index (χ1v) is 31.2. The molecule has 0 saturated carbocycles. The SMILES string of the molecule is C=C(C)N(CCCCCC(=O)NCCOCCOCCOCCOC(=O)NNC(=O)C(C)CC(Cc1ccc(O)cc1)NC(=O)c1csc(C(CC(C(C)C)N(CCC)C(=O)C(NC(=O)C2CCCCN2C)C(C)CC)OCCC)n1)C(C)=O. The Morgan fingerprint density at radius 1 is 0.821 bits per heavy atom. The molecule has 22 nitrogen and oxygen atoms in total. The van der Waals surface area contributed by atoms with Crippen LogP contribution in [0.15, 0.2) is 41.9 Å². The number of aromatic hydroxyl groups is 1. The highest BCUT2D eigenvalue weighted by molar-refractivity contribution is 7.09. The number of rotatable bonds is 41. The number of hydrogen-bond donors (Lipinski definition) is 6. The Morgan fingerprint density at radius 3 is 2.12 bits per heavy atom. The van der Waals surface area contributed by atoms with Gasteiger partial charge in [0.1, 0.15) is 35.2 Å². The molecule has 7 unspecified atom stereocenters. The van der Waals surface area contributed by atoms with E-state index in [1.54, 1.807) is 48.4 Å². The molecule has 1 fully saturated rings. The van der Waals surface area contributed by atoms with Gasteiger partial charge in [-0.25, -0.2) is 15.2 Å². The summed E-state index contributed by atoms with van der Waals surface area (Å²) in [5, 5.41) is 21.3. The molecule has 0 bridgehead atoms. The number of amides is 7. The van der Waals surface area contributed by atoms with Gasteiger partial charge >= 0.3 is 6.09 Å². The Labute approximate surface area is 503 Å². The summed E-state index contributed by atoms with van der Waals surface area (Å²) in [6, 6.07) is 4.75. The van der Waals surface area contributed by atoms with Crippen molar-refractivity contribution in [2.24, 2.45) is 17.8 Å². The van der Waals surface area contributed by atoms with Crippen LogP contribution in [0.2, 0.25) is 0 Å². The summed E-state index contributed by atoms with van der Waals surface area (Å²) in [6.07, 6.45) is 7.16. The van der Waals surface area contributed by atoms with E-state index in [2.05, 4.69) is 52.1 Å². The van der Waals surface area contributed by atoms with Crippen LogP contribution in [0.1, 0.15) is 167 Å². The van der Waals surface area contributed by atoms with Crippen LogP contribution in [0.3, 0.4) is 0 Å². The lowest BCUT2D eigenvalue weighted by molar-refractivity contribution is -0.143. The summed E-state index contributed by atoms with van der Waals surface area (Å²) >= 11 is 1.30. The van der Waals surface area contributed by atoms with Gasteiger partial charge in [-0.05, 0) is 101 Å². The second kappa shape index (κ2) is 40.6. The number of unbranched alkanes of at least 4 members (excludes halogenated alkanes) is 2. The molecule has 23 heteroatoms. The van der Waals surface area contributed by atoms with Gasteiger partial charge in [0.25, 0.3) is 5.91 Å². The standard InChI is InChI=1S/C61H101N9O13S/c1-12-27-70(60(77)55(44(8)14-3)65-58(76)51-20-17-19-28-68(51)11)52(42(4)5)40-53(82-30-13-2)59-64-50(41-84-59)57(75)63-48(39-47-22-24-49(72)25-23-47)38-45(9)56(74)66-67-61(78)83-37-36-81-35-34-80-33-32-79-31-26-62-54(73)21-16-15-18-29-69(43(6)7)46(10)71/h22-25,41-42,44-45,48,51-53,55,72H,6,12-21,26-40H2,1-5,7-11H3,(H,62,73)(H,63,75)(H,65,76)(H,66,74)(H,67,78). The van der Waals surface area contributed by atoms with Crippen molar-refractivity contribution in [3.63, 3.8) is 0 Å². The number of phenolic OH excluding ortho intramolecular Hbond substituents is 1. The Kier molecular flexibility index (Phi) is 35.0. The summed E-state index contributed by atoms with van der Waals surface area (Å²) in [5.41, 5.74) is 6.35. The summed E-state index contributed by atoms with van der Waals surface area (Å²) in [4.78, 5) is 103. The van der Waals surface area contributed by atoms with Gasteiger partial charge in [-0.1, -0.05) is 86.4 Å². The third-order valence-corrected chi connectivity index (χ3v) is 15.7. The Morgan fingerprint density at radius 2 is 1.50 bits per heavy atom. The van der Waals surface area contributed by atoms with E-state index < -0.39 is 42.0 Å². The van der Waals surface area contributed by atoms with Gasteiger partial charge in [0.05, 0.1) is 45.7 Å². The van der Waals surface area contributed by atoms with E-state index in [1.807, 2.05) is 39.6 Å². The first kappa shape index (κ1) is 72.5. The van der Waals surface area contributed by atoms with Crippen LogP contribution >= 0.6 is 11.3 Å². The van der Waals surface area contributed by atoms with Crippen molar-refractivity contribution in [2.45, 2.75) is 176 Å². The molecule has 7 atom stereocenters. The maximum Gasteiger partial charge on any atom is 0.426 e. The molecule has 7 amide bonds. The summed E-state index contributed by atoms with van der Waals surface area (Å²) < 4.78 is 28.1. The number of thiazole rings is 1. The van der Waals surface area contributed by atoms with E-state index in [0.717, 1.165) is 57.1 Å². The highest BCUT2D eigenvalue weighted by Crippen LogP contribution is 2.32. The molecule has 1 aliphatic heterocycles. The number of likely N-dealkylation sites (tertiary alicyclic amines) is 1. The Balaban J connectivity index is 1.49. The van der Waals surface area contributed by atoms with Crippen LogP contribution < -0.4 is 26.8 Å². The number of nitrogens with one attached hydrogen (secondary N) is 5. The van der Waals surface area contributed by atoms with Gasteiger partial charge in [-0.2, -0.15) is 0 Å². The normalized spacial score (nSPS) is 15.6. The highest BCUT2D eigenvalue weighted by atomic mass is 32.1. The van der Waals surface area contributed by atoms with Crippen molar-refractivity contribution < 1.29 is 62.4 Å². The summed E-state index contributed by atoms with van der Waals surface area (Å²) in [5.74, 6) is -1.98. The van der Waals surface area contributed by atoms with Gasteiger partial charge < -0.3 is 54.5 Å². The lowest BCUT2D eigenvalue weighted by Crippen LogP contribution is -2.58. The Bertz CT molecular complexity index is 2290. The van der Waals surface area contributed by atoms with Crippen LogP contribution in [0.4, 0.5) is 4.79 Å². The van der Waals surface area contributed by atoms with Crippen LogP contribution in [0.5, 0.6) is 5.75 Å². The highest BCUT2D eigenvalue weighted by Gasteiger charge is 2.38. The molecule has 2 aromatic rings. The molecule has 474 valence electrons. The molecular weight excluding hydrogens is 1100 g/mol. The molecule has 84 heavy (non-hydrogen) atoms. The molecule has 1 saturated heterocycles. The van der Waals surface area contributed by atoms with E-state index in [4.69, 9.17) is 28.7 Å². The molecule has 1 aromatic carbocycles. The minimum Gasteiger partial charge on any atom is -0.508 e. The zero-order valence-corrected chi connectivity index (χ0v) is 52.8. The van der Waals surface area contributed by atoms with Crippen molar-refractivity contribution in [1.29, 1.82) is 0 Å². The van der Waals surface area contributed by atoms with Gasteiger partial charge in [0, 0.05) is 75.1 Å². The van der Waals surface area contributed by atoms with Gasteiger partial charge in [-0.15, -0.1) is 11.3 Å². The van der Waals surface area contributed by atoms with Crippen LogP contribution in [0.25, 0.3) is 0 Å². The number of piperidine rings is 1. The molecule has 6 N–H and O–H groups in total. The van der Waals surface area contributed by atoms with Crippen molar-refractivity contribution in [2.75, 3.05) is 86.1 Å². The van der Waals surface area contributed by atoms with Crippen LogP contribution in [-0.2, 0) is 54.1 Å². The number of hydrogen-bond acceptors (Lipinski definition) is 16. The van der Waals surface area contributed by atoms with Crippen molar-refractivity contribution in [3.05, 3.63) is 58.2 Å². The molecule has 2 heterocycles. The molecule has 1 aromatic heterocycles. The third kappa shape index (κ3) is 27.1. The van der Waals surface area contributed by atoms with Gasteiger partial charge in [0.2, 0.25) is 29.5 Å². The molecular formula is C61H101N9O13S. The van der Waals surface area contributed by atoms with E-state index in [1.165, 1.54) is 18.3 Å². The molecule has 0 radical (unpaired) electrons. The minimum absolute atomic E-state index is 0.0142. The molecule has 0 spiro atoms. The predicted molar refractivity (Wildman–Crippen MR) is 324 cm³/mol. The van der Waals surface area contributed by atoms with E-state index in [-0.39, 0.29) is 91.8 Å². The monoisotopic (exact) mass is 1200 g/mol.